The lowest BCUT2D eigenvalue weighted by Gasteiger charge is -2.08. The number of nitrogens with zero attached hydrogens (tertiary/aromatic N) is 2. The molecule has 1 aromatic rings. The van der Waals surface area contributed by atoms with Crippen LogP contribution in [-0.4, -0.2) is 16.1 Å². The molecule has 0 aliphatic heterocycles. The van der Waals surface area contributed by atoms with E-state index in [1.54, 1.807) is 0 Å². The first kappa shape index (κ1) is 12.2. The maximum atomic E-state index is 4.35. The fourth-order valence-electron chi connectivity index (χ4n) is 1.54. The molecule has 0 aromatic carbocycles. The molecule has 0 spiro atoms. The normalized spacial score (nSPS) is 11.2. The summed E-state index contributed by atoms with van der Waals surface area (Å²) >= 11 is 0. The minimum Gasteiger partial charge on any atom is -0.334 e. The molecule has 0 fully saturated rings. The van der Waals surface area contributed by atoms with Gasteiger partial charge >= 0.3 is 0 Å². The molecule has 1 heterocycles. The van der Waals surface area contributed by atoms with Crippen molar-refractivity contribution in [2.45, 2.75) is 46.7 Å². The zero-order valence-corrected chi connectivity index (χ0v) is 10.2. The van der Waals surface area contributed by atoms with Gasteiger partial charge in [0.15, 0.2) is 0 Å². The highest BCUT2D eigenvalue weighted by atomic mass is 15.1. The molecule has 1 rings (SSSR count). The summed E-state index contributed by atoms with van der Waals surface area (Å²) in [5.74, 6) is 1.92. The average molecular weight is 209 g/mol. The van der Waals surface area contributed by atoms with Gasteiger partial charge in [0.1, 0.15) is 5.82 Å². The van der Waals surface area contributed by atoms with E-state index in [1.165, 1.54) is 6.42 Å². The van der Waals surface area contributed by atoms with Crippen molar-refractivity contribution in [2.24, 2.45) is 5.92 Å². The number of hydrogen-bond donors (Lipinski definition) is 1. The number of aryl methyl sites for hydroxylation is 1. The van der Waals surface area contributed by atoms with Crippen LogP contribution >= 0.6 is 0 Å². The Morgan fingerprint density at radius 3 is 2.93 bits per heavy atom. The predicted molar refractivity (Wildman–Crippen MR) is 63.7 cm³/mol. The molecule has 15 heavy (non-hydrogen) atoms. The van der Waals surface area contributed by atoms with Gasteiger partial charge in [-0.2, -0.15) is 0 Å². The number of imidazole rings is 1. The molecule has 3 heteroatoms. The van der Waals surface area contributed by atoms with Crippen molar-refractivity contribution in [3.8, 4) is 0 Å². The van der Waals surface area contributed by atoms with Gasteiger partial charge in [-0.05, 0) is 25.3 Å². The Labute approximate surface area is 92.9 Å². The molecule has 0 bridgehead atoms. The molecule has 0 amide bonds. The maximum Gasteiger partial charge on any atom is 0.122 e. The van der Waals surface area contributed by atoms with Crippen molar-refractivity contribution in [2.75, 3.05) is 6.54 Å². The highest BCUT2D eigenvalue weighted by Crippen LogP contribution is 2.00. The fraction of sp³-hybridized carbons (Fsp3) is 0.750. The van der Waals surface area contributed by atoms with Gasteiger partial charge in [-0.1, -0.05) is 20.8 Å². The third-order valence-corrected chi connectivity index (χ3v) is 2.45. The van der Waals surface area contributed by atoms with Crippen LogP contribution in [0.1, 0.15) is 39.4 Å². The van der Waals surface area contributed by atoms with Crippen LogP contribution in [0.4, 0.5) is 0 Å². The lowest BCUT2D eigenvalue weighted by Crippen LogP contribution is -2.19. The molecule has 0 saturated heterocycles. The molecule has 0 radical (unpaired) electrons. The van der Waals surface area contributed by atoms with Gasteiger partial charge < -0.3 is 9.88 Å². The standard InChI is InChI=1S/C12H23N3/c1-4-8-15-9-7-14-12(15)10-13-6-5-11(2)3/h7,9,11,13H,4-6,8,10H2,1-3H3. The largest absolute Gasteiger partial charge is 0.334 e. The molecule has 1 aromatic heterocycles. The summed E-state index contributed by atoms with van der Waals surface area (Å²) in [6, 6.07) is 0. The Kier molecular flexibility index (Phi) is 5.40. The third kappa shape index (κ3) is 4.47. The SMILES string of the molecule is CCCn1ccnc1CNCCC(C)C. The van der Waals surface area contributed by atoms with E-state index < -0.39 is 0 Å². The van der Waals surface area contributed by atoms with Crippen LogP contribution < -0.4 is 5.32 Å². The molecule has 0 unspecified atom stereocenters. The van der Waals surface area contributed by atoms with E-state index in [9.17, 15) is 0 Å². The van der Waals surface area contributed by atoms with E-state index in [2.05, 4.69) is 41.8 Å². The Hall–Kier alpha value is -0.830. The smallest absolute Gasteiger partial charge is 0.122 e. The summed E-state index contributed by atoms with van der Waals surface area (Å²) < 4.78 is 2.22. The molecular formula is C12H23N3. The molecule has 0 aliphatic carbocycles. The van der Waals surface area contributed by atoms with Gasteiger partial charge in [0.2, 0.25) is 0 Å². The number of aromatic nitrogens is 2. The van der Waals surface area contributed by atoms with E-state index >= 15 is 0 Å². The van der Waals surface area contributed by atoms with E-state index in [1.807, 2.05) is 6.20 Å². The highest BCUT2D eigenvalue weighted by Gasteiger charge is 2.01. The van der Waals surface area contributed by atoms with Crippen LogP contribution in [0.3, 0.4) is 0 Å². The van der Waals surface area contributed by atoms with Crippen LogP contribution in [-0.2, 0) is 13.1 Å². The Balaban J connectivity index is 2.27. The van der Waals surface area contributed by atoms with Gasteiger partial charge in [-0.3, -0.25) is 0 Å². The van der Waals surface area contributed by atoms with Gasteiger partial charge in [-0.25, -0.2) is 4.98 Å². The van der Waals surface area contributed by atoms with E-state index in [0.29, 0.717) is 0 Å². The van der Waals surface area contributed by atoms with Gasteiger partial charge in [0.05, 0.1) is 6.54 Å². The van der Waals surface area contributed by atoms with Crippen molar-refractivity contribution in [1.82, 2.24) is 14.9 Å². The van der Waals surface area contributed by atoms with Crippen LogP contribution in [0.15, 0.2) is 12.4 Å². The summed E-state index contributed by atoms with van der Waals surface area (Å²) in [7, 11) is 0. The van der Waals surface area contributed by atoms with Crippen molar-refractivity contribution in [3.05, 3.63) is 18.2 Å². The molecule has 1 N–H and O–H groups in total. The molecule has 0 atom stereocenters. The van der Waals surface area contributed by atoms with Crippen LogP contribution in [0.5, 0.6) is 0 Å². The van der Waals surface area contributed by atoms with Gasteiger partial charge in [-0.15, -0.1) is 0 Å². The van der Waals surface area contributed by atoms with E-state index in [-0.39, 0.29) is 0 Å². The van der Waals surface area contributed by atoms with Crippen LogP contribution in [0.2, 0.25) is 0 Å². The number of rotatable bonds is 7. The van der Waals surface area contributed by atoms with Crippen molar-refractivity contribution in [3.63, 3.8) is 0 Å². The first-order valence-electron chi connectivity index (χ1n) is 5.94. The predicted octanol–water partition coefficient (Wildman–Crippen LogP) is 2.43. The quantitative estimate of drug-likeness (QED) is 0.699. The van der Waals surface area contributed by atoms with Crippen molar-refractivity contribution >= 4 is 0 Å². The first-order valence-corrected chi connectivity index (χ1v) is 5.94. The number of nitrogens with one attached hydrogen (secondary N) is 1. The average Bonchev–Trinajstić information content (AvgIpc) is 2.61. The second kappa shape index (κ2) is 6.62. The molecule has 3 nitrogen and oxygen atoms in total. The summed E-state index contributed by atoms with van der Waals surface area (Å²) in [4.78, 5) is 4.35. The first-order chi connectivity index (χ1) is 7.24. The van der Waals surface area contributed by atoms with Crippen molar-refractivity contribution in [1.29, 1.82) is 0 Å². The monoisotopic (exact) mass is 209 g/mol. The topological polar surface area (TPSA) is 29.9 Å². The van der Waals surface area contributed by atoms with Gasteiger partial charge in [0.25, 0.3) is 0 Å². The van der Waals surface area contributed by atoms with E-state index in [0.717, 1.165) is 37.8 Å². The van der Waals surface area contributed by atoms with E-state index in [4.69, 9.17) is 0 Å². The van der Waals surface area contributed by atoms with Gasteiger partial charge in [0, 0.05) is 18.9 Å². The minimum absolute atomic E-state index is 0.771. The third-order valence-electron chi connectivity index (χ3n) is 2.45. The summed E-state index contributed by atoms with van der Waals surface area (Å²) in [6.07, 6.45) is 6.34. The Bertz CT molecular complexity index is 266. The summed E-state index contributed by atoms with van der Waals surface area (Å²) in [5, 5.41) is 3.43. The molecule has 86 valence electrons. The molecule has 0 saturated carbocycles. The maximum absolute atomic E-state index is 4.35. The minimum atomic E-state index is 0.771. The zero-order chi connectivity index (χ0) is 11.1. The fourth-order valence-corrected chi connectivity index (χ4v) is 1.54. The second-order valence-electron chi connectivity index (χ2n) is 4.40. The van der Waals surface area contributed by atoms with Crippen LogP contribution in [0.25, 0.3) is 0 Å². The number of hydrogen-bond acceptors (Lipinski definition) is 2. The molecular weight excluding hydrogens is 186 g/mol. The van der Waals surface area contributed by atoms with Crippen LogP contribution in [0, 0.1) is 5.92 Å². The zero-order valence-electron chi connectivity index (χ0n) is 10.2. The lowest BCUT2D eigenvalue weighted by molar-refractivity contribution is 0.520. The summed E-state index contributed by atoms with van der Waals surface area (Å²) in [5.41, 5.74) is 0. The highest BCUT2D eigenvalue weighted by molar-refractivity contribution is 4.91. The lowest BCUT2D eigenvalue weighted by atomic mass is 10.1. The second-order valence-corrected chi connectivity index (χ2v) is 4.40. The van der Waals surface area contributed by atoms with Crippen molar-refractivity contribution < 1.29 is 0 Å². The molecule has 0 aliphatic rings. The Morgan fingerprint density at radius 1 is 1.47 bits per heavy atom. The summed E-state index contributed by atoms with van der Waals surface area (Å²) in [6.45, 7) is 9.73. The Morgan fingerprint density at radius 2 is 2.27 bits per heavy atom.